The number of methoxy groups -OCH3 is 1. The minimum Gasteiger partial charge on any atom is -0.481 e. The highest BCUT2D eigenvalue weighted by atomic mass is 16.5. The molecule has 3 aromatic heterocycles. The maximum absolute atomic E-state index is 5.47. The van der Waals surface area contributed by atoms with Crippen LogP contribution >= 0.6 is 0 Å². The molecule has 0 unspecified atom stereocenters. The molecule has 3 aromatic rings. The smallest absolute Gasteiger partial charge is 0.216 e. The fourth-order valence-electron chi connectivity index (χ4n) is 4.62. The Labute approximate surface area is 194 Å². The molecule has 0 saturated carbocycles. The van der Waals surface area contributed by atoms with Crippen molar-refractivity contribution < 1.29 is 9.47 Å². The number of hydrogen-bond acceptors (Lipinski definition) is 8. The zero-order valence-corrected chi connectivity index (χ0v) is 19.3. The van der Waals surface area contributed by atoms with E-state index < -0.39 is 0 Å². The Balaban J connectivity index is 1.37. The van der Waals surface area contributed by atoms with E-state index in [-0.39, 0.29) is 0 Å². The van der Waals surface area contributed by atoms with E-state index in [1.165, 1.54) is 5.56 Å². The minimum atomic E-state index is 0.631. The highest BCUT2D eigenvalue weighted by Crippen LogP contribution is 2.31. The summed E-state index contributed by atoms with van der Waals surface area (Å²) in [5.74, 6) is 2.18. The number of aromatic nitrogens is 4. The van der Waals surface area contributed by atoms with Crippen LogP contribution in [0.1, 0.15) is 29.7 Å². The minimum absolute atomic E-state index is 0.631. The van der Waals surface area contributed by atoms with E-state index in [0.29, 0.717) is 11.8 Å². The first-order chi connectivity index (χ1) is 16.2. The molecule has 0 aliphatic carbocycles. The molecular formula is C25H30N6O2. The van der Waals surface area contributed by atoms with Gasteiger partial charge in [0.15, 0.2) is 0 Å². The van der Waals surface area contributed by atoms with Gasteiger partial charge < -0.3 is 19.7 Å². The zero-order valence-electron chi connectivity index (χ0n) is 19.3. The van der Waals surface area contributed by atoms with Crippen molar-refractivity contribution in [2.75, 3.05) is 43.6 Å². The van der Waals surface area contributed by atoms with Gasteiger partial charge in [-0.15, -0.1) is 0 Å². The van der Waals surface area contributed by atoms with E-state index in [4.69, 9.17) is 9.47 Å². The molecular weight excluding hydrogens is 416 g/mol. The van der Waals surface area contributed by atoms with Crippen LogP contribution in [0.4, 0.5) is 11.5 Å². The Morgan fingerprint density at radius 3 is 2.85 bits per heavy atom. The number of pyridine rings is 2. The molecule has 0 spiro atoms. The van der Waals surface area contributed by atoms with Crippen molar-refractivity contribution in [1.82, 2.24) is 19.9 Å². The molecule has 5 rings (SSSR count). The predicted molar refractivity (Wildman–Crippen MR) is 128 cm³/mol. The summed E-state index contributed by atoms with van der Waals surface area (Å²) < 4.78 is 10.8. The summed E-state index contributed by atoms with van der Waals surface area (Å²) >= 11 is 0. The van der Waals surface area contributed by atoms with Gasteiger partial charge in [0.1, 0.15) is 12.1 Å². The van der Waals surface area contributed by atoms with Gasteiger partial charge in [0.25, 0.3) is 0 Å². The maximum atomic E-state index is 5.47. The molecule has 0 bridgehead atoms. The molecule has 0 atom stereocenters. The van der Waals surface area contributed by atoms with Gasteiger partial charge in [0, 0.05) is 62.2 Å². The average Bonchev–Trinajstić information content (AvgIpc) is 2.87. The van der Waals surface area contributed by atoms with Crippen LogP contribution in [0.5, 0.6) is 5.88 Å². The summed E-state index contributed by atoms with van der Waals surface area (Å²) in [6, 6.07) is 6.26. The SMILES string of the molecule is COc1ncc(N2CCc3ncnc(-c4ccnc(NCC5CCOCC5)c4)c3C2)cc1C. The normalized spacial score (nSPS) is 16.4. The molecule has 172 valence electrons. The Morgan fingerprint density at radius 2 is 2.03 bits per heavy atom. The van der Waals surface area contributed by atoms with Gasteiger partial charge in [0.05, 0.1) is 30.4 Å². The maximum Gasteiger partial charge on any atom is 0.216 e. The van der Waals surface area contributed by atoms with E-state index in [1.807, 2.05) is 25.4 Å². The van der Waals surface area contributed by atoms with Crippen LogP contribution in [0.2, 0.25) is 0 Å². The first-order valence-electron chi connectivity index (χ1n) is 11.6. The average molecular weight is 447 g/mol. The molecule has 1 saturated heterocycles. The van der Waals surface area contributed by atoms with Crippen molar-refractivity contribution in [1.29, 1.82) is 0 Å². The third-order valence-corrected chi connectivity index (χ3v) is 6.52. The fraction of sp³-hybridized carbons (Fsp3) is 0.440. The quantitative estimate of drug-likeness (QED) is 0.614. The molecule has 1 N–H and O–H groups in total. The van der Waals surface area contributed by atoms with Gasteiger partial charge >= 0.3 is 0 Å². The number of nitrogens with one attached hydrogen (secondary N) is 1. The molecule has 5 heterocycles. The number of fused-ring (bicyclic) bond motifs is 1. The van der Waals surface area contributed by atoms with Crippen molar-refractivity contribution in [3.05, 3.63) is 53.7 Å². The lowest BCUT2D eigenvalue weighted by molar-refractivity contribution is 0.0699. The van der Waals surface area contributed by atoms with Crippen LogP contribution in [0.3, 0.4) is 0 Å². The summed E-state index contributed by atoms with van der Waals surface area (Å²) in [5.41, 5.74) is 6.42. The first-order valence-corrected chi connectivity index (χ1v) is 11.6. The molecule has 8 heteroatoms. The van der Waals surface area contributed by atoms with Gasteiger partial charge in [-0.25, -0.2) is 19.9 Å². The van der Waals surface area contributed by atoms with Gasteiger partial charge in [-0.1, -0.05) is 0 Å². The molecule has 1 fully saturated rings. The van der Waals surface area contributed by atoms with Crippen molar-refractivity contribution in [2.45, 2.75) is 32.7 Å². The summed E-state index contributed by atoms with van der Waals surface area (Å²) in [6.45, 7) is 6.28. The molecule has 2 aliphatic heterocycles. The van der Waals surface area contributed by atoms with E-state index in [9.17, 15) is 0 Å². The molecule has 0 aromatic carbocycles. The Kier molecular flexibility index (Phi) is 6.35. The van der Waals surface area contributed by atoms with Crippen LogP contribution < -0.4 is 15.0 Å². The third-order valence-electron chi connectivity index (χ3n) is 6.52. The molecule has 33 heavy (non-hydrogen) atoms. The Bertz CT molecular complexity index is 1120. The number of aryl methyl sites for hydroxylation is 1. The van der Waals surface area contributed by atoms with Crippen LogP contribution in [0, 0.1) is 12.8 Å². The first kappa shape index (κ1) is 21.6. The number of anilines is 2. The second-order valence-electron chi connectivity index (χ2n) is 8.71. The summed E-state index contributed by atoms with van der Waals surface area (Å²) in [6.07, 6.45) is 8.48. The van der Waals surface area contributed by atoms with Gasteiger partial charge in [-0.05, 0) is 43.9 Å². The van der Waals surface area contributed by atoms with Crippen molar-refractivity contribution in [3.8, 4) is 17.1 Å². The lowest BCUT2D eigenvalue weighted by Crippen LogP contribution is -2.31. The topological polar surface area (TPSA) is 85.3 Å². The van der Waals surface area contributed by atoms with Crippen LogP contribution in [-0.4, -0.2) is 53.3 Å². The lowest BCUT2D eigenvalue weighted by Gasteiger charge is -2.31. The Hall–Kier alpha value is -3.26. The summed E-state index contributed by atoms with van der Waals surface area (Å²) in [4.78, 5) is 20.6. The summed E-state index contributed by atoms with van der Waals surface area (Å²) in [5, 5.41) is 3.52. The predicted octanol–water partition coefficient (Wildman–Crippen LogP) is 3.65. The summed E-state index contributed by atoms with van der Waals surface area (Å²) in [7, 11) is 1.65. The zero-order chi connectivity index (χ0) is 22.6. The number of ether oxygens (including phenoxy) is 2. The monoisotopic (exact) mass is 446 g/mol. The number of hydrogen-bond donors (Lipinski definition) is 1. The van der Waals surface area contributed by atoms with Crippen LogP contribution in [0.25, 0.3) is 11.3 Å². The largest absolute Gasteiger partial charge is 0.481 e. The van der Waals surface area contributed by atoms with E-state index in [0.717, 1.165) is 86.1 Å². The molecule has 0 radical (unpaired) electrons. The molecule has 8 nitrogen and oxygen atoms in total. The van der Waals surface area contributed by atoms with Gasteiger partial charge in [-0.2, -0.15) is 0 Å². The van der Waals surface area contributed by atoms with Crippen molar-refractivity contribution in [3.63, 3.8) is 0 Å². The second kappa shape index (κ2) is 9.70. The fourth-order valence-corrected chi connectivity index (χ4v) is 4.62. The van der Waals surface area contributed by atoms with Crippen molar-refractivity contribution >= 4 is 11.5 Å². The standard InChI is InChI=1S/C25H30N6O2/c1-17-11-20(14-28-25(17)32-2)31-8-4-22-21(15-31)24(30-16-29-22)19-3-7-26-23(12-19)27-13-18-5-9-33-10-6-18/h3,7,11-12,14,16,18H,4-6,8-10,13,15H2,1-2H3,(H,26,27). The van der Waals surface area contributed by atoms with E-state index in [2.05, 4.69) is 42.3 Å². The third kappa shape index (κ3) is 4.75. The van der Waals surface area contributed by atoms with Crippen molar-refractivity contribution in [2.24, 2.45) is 5.92 Å². The number of rotatable bonds is 6. The second-order valence-corrected chi connectivity index (χ2v) is 8.71. The molecule has 0 amide bonds. The van der Waals surface area contributed by atoms with Crippen LogP contribution in [-0.2, 0) is 17.7 Å². The number of nitrogens with zero attached hydrogens (tertiary/aromatic N) is 5. The van der Waals surface area contributed by atoms with Crippen LogP contribution in [0.15, 0.2) is 36.9 Å². The lowest BCUT2D eigenvalue weighted by atomic mass is 9.99. The molecule has 2 aliphatic rings. The highest BCUT2D eigenvalue weighted by Gasteiger charge is 2.23. The highest BCUT2D eigenvalue weighted by molar-refractivity contribution is 5.68. The Morgan fingerprint density at radius 1 is 1.15 bits per heavy atom. The van der Waals surface area contributed by atoms with E-state index in [1.54, 1.807) is 13.4 Å². The van der Waals surface area contributed by atoms with E-state index >= 15 is 0 Å². The van der Waals surface area contributed by atoms with Gasteiger partial charge in [-0.3, -0.25) is 0 Å². The van der Waals surface area contributed by atoms with Gasteiger partial charge in [0.2, 0.25) is 5.88 Å².